The van der Waals surface area contributed by atoms with Gasteiger partial charge >= 0.3 is 4.87 Å². The number of imide groups is 1. The molecule has 1 saturated heterocycles. The molecule has 0 spiro atoms. The minimum absolute atomic E-state index is 0.0533. The van der Waals surface area contributed by atoms with Crippen LogP contribution in [-0.2, 0) is 9.59 Å². The predicted octanol–water partition coefficient (Wildman–Crippen LogP) is 4.02. The minimum atomic E-state index is -0.287. The van der Waals surface area contributed by atoms with E-state index in [2.05, 4.69) is 4.98 Å². The van der Waals surface area contributed by atoms with Crippen LogP contribution in [0.5, 0.6) is 0 Å². The first kappa shape index (κ1) is 18.9. The standard InChI is InChI=1S/C24H20N2O4S2/c1-10-4-6-11(7-5-10)26-22(27)16-12-9-13(17(16)23(26)28)19-15(12)18(14-3-2-8-30-14)20-21(31-19)25-24(29)32-20/h2-8,12-13,15-19H,9H2,1H3,(H,25,29)/t12-,13+,15-,16+,17+,18+,19+/m0/s1. The van der Waals surface area contributed by atoms with Crippen molar-refractivity contribution >= 4 is 40.6 Å². The van der Waals surface area contributed by atoms with Crippen LogP contribution in [0.15, 0.2) is 56.9 Å². The summed E-state index contributed by atoms with van der Waals surface area (Å²) in [6, 6.07) is 11.5. The number of H-pyrrole nitrogens is 1. The molecule has 1 N–H and O–H groups in total. The molecule has 4 aliphatic rings. The van der Waals surface area contributed by atoms with Gasteiger partial charge in [0.05, 0.1) is 39.6 Å². The summed E-state index contributed by atoms with van der Waals surface area (Å²) in [5.74, 6) is 0.509. The molecule has 2 aromatic heterocycles. The number of thiazole rings is 1. The number of amides is 2. The number of nitrogens with zero attached hydrogens (tertiary/aromatic N) is 1. The highest BCUT2D eigenvalue weighted by atomic mass is 32.2. The zero-order valence-electron chi connectivity index (χ0n) is 17.2. The number of rotatable bonds is 2. The van der Waals surface area contributed by atoms with E-state index in [9.17, 15) is 14.4 Å². The Bertz CT molecular complexity index is 1310. The van der Waals surface area contributed by atoms with E-state index in [-0.39, 0.29) is 57.4 Å². The third-order valence-corrected chi connectivity index (χ3v) is 10.5. The number of thioether (sulfide) groups is 1. The molecule has 2 amide bonds. The maximum absolute atomic E-state index is 13.6. The first-order valence-corrected chi connectivity index (χ1v) is 12.6. The lowest BCUT2D eigenvalue weighted by molar-refractivity contribution is -0.123. The van der Waals surface area contributed by atoms with Gasteiger partial charge in [0, 0.05) is 5.25 Å². The van der Waals surface area contributed by atoms with Gasteiger partial charge in [0.25, 0.3) is 0 Å². The van der Waals surface area contributed by atoms with E-state index in [0.717, 1.165) is 27.6 Å². The molecule has 2 aliphatic heterocycles. The molecular formula is C24H20N2O4S2. The number of furan rings is 1. The van der Waals surface area contributed by atoms with Crippen molar-refractivity contribution in [2.24, 2.45) is 29.6 Å². The van der Waals surface area contributed by atoms with Gasteiger partial charge < -0.3 is 9.40 Å². The maximum atomic E-state index is 13.6. The van der Waals surface area contributed by atoms with E-state index in [1.165, 1.54) is 16.2 Å². The summed E-state index contributed by atoms with van der Waals surface area (Å²) in [7, 11) is 0. The second-order valence-corrected chi connectivity index (χ2v) is 11.5. The topological polar surface area (TPSA) is 83.4 Å². The summed E-state index contributed by atoms with van der Waals surface area (Å²) in [4.78, 5) is 44.7. The van der Waals surface area contributed by atoms with Crippen LogP contribution in [-0.4, -0.2) is 22.0 Å². The smallest absolute Gasteiger partial charge is 0.305 e. The van der Waals surface area contributed by atoms with Crippen molar-refractivity contribution in [3.05, 3.63) is 68.5 Å². The van der Waals surface area contributed by atoms with Crippen LogP contribution >= 0.6 is 23.1 Å². The molecule has 0 unspecified atom stereocenters. The molecule has 2 bridgehead atoms. The van der Waals surface area contributed by atoms with Crippen LogP contribution in [0.1, 0.15) is 28.5 Å². The van der Waals surface area contributed by atoms with Crippen molar-refractivity contribution in [2.75, 3.05) is 4.90 Å². The van der Waals surface area contributed by atoms with Gasteiger partial charge in [-0.05, 0) is 55.4 Å². The first-order chi connectivity index (χ1) is 15.5. The maximum Gasteiger partial charge on any atom is 0.305 e. The number of fused-ring (bicyclic) bond motifs is 9. The number of nitrogens with one attached hydrogen (secondary N) is 1. The van der Waals surface area contributed by atoms with E-state index in [1.54, 1.807) is 18.0 Å². The van der Waals surface area contributed by atoms with Crippen LogP contribution in [0, 0.1) is 36.5 Å². The van der Waals surface area contributed by atoms with Gasteiger partial charge in [0.15, 0.2) is 0 Å². The summed E-state index contributed by atoms with van der Waals surface area (Å²) < 4.78 is 5.84. The number of benzene rings is 1. The average Bonchev–Trinajstić information content (AvgIpc) is 3.57. The molecule has 0 radical (unpaired) electrons. The van der Waals surface area contributed by atoms with Gasteiger partial charge in [-0.1, -0.05) is 29.0 Å². The van der Waals surface area contributed by atoms with Gasteiger partial charge in [-0.15, -0.1) is 11.8 Å². The zero-order valence-corrected chi connectivity index (χ0v) is 18.8. The Balaban J connectivity index is 1.32. The number of aromatic nitrogens is 1. The molecule has 7 atom stereocenters. The average molecular weight is 465 g/mol. The zero-order chi connectivity index (χ0) is 21.7. The van der Waals surface area contributed by atoms with Crippen LogP contribution in [0.4, 0.5) is 5.69 Å². The fraction of sp³-hybridized carbons (Fsp3) is 0.375. The molecule has 3 aromatic rings. The molecule has 7 rings (SSSR count). The lowest BCUT2D eigenvalue weighted by Gasteiger charge is -2.42. The molecule has 2 saturated carbocycles. The third kappa shape index (κ3) is 2.34. The van der Waals surface area contributed by atoms with Crippen LogP contribution in [0.3, 0.4) is 0 Å². The number of aryl methyl sites for hydroxylation is 1. The van der Waals surface area contributed by atoms with E-state index < -0.39 is 0 Å². The second-order valence-electron chi connectivity index (χ2n) is 9.32. The van der Waals surface area contributed by atoms with E-state index in [4.69, 9.17) is 4.42 Å². The summed E-state index contributed by atoms with van der Waals surface area (Å²) in [5.41, 5.74) is 1.76. The van der Waals surface area contributed by atoms with E-state index >= 15 is 0 Å². The quantitative estimate of drug-likeness (QED) is 0.580. The van der Waals surface area contributed by atoms with Crippen LogP contribution < -0.4 is 9.77 Å². The summed E-state index contributed by atoms with van der Waals surface area (Å²) in [6.45, 7) is 1.99. The van der Waals surface area contributed by atoms with Crippen LogP contribution in [0.2, 0.25) is 0 Å². The number of hydrogen-bond acceptors (Lipinski definition) is 6. The SMILES string of the molecule is Cc1ccc(N2C(=O)[C@@H]3[C@H]4C[C@@H]([C@H]5Sc6[nH]c(=O)sc6[C@H](c6ccco6)[C@H]45)[C@H]3C2=O)cc1. The van der Waals surface area contributed by atoms with Crippen molar-refractivity contribution in [1.82, 2.24) is 4.98 Å². The molecule has 162 valence electrons. The monoisotopic (exact) mass is 464 g/mol. The summed E-state index contributed by atoms with van der Waals surface area (Å²) in [5, 5.41) is 1.09. The number of aromatic amines is 1. The van der Waals surface area contributed by atoms with E-state index in [0.29, 0.717) is 5.69 Å². The fourth-order valence-electron chi connectivity index (χ4n) is 6.75. The normalized spacial score (nSPS) is 34.7. The van der Waals surface area contributed by atoms with Gasteiger partial charge in [-0.3, -0.25) is 19.3 Å². The number of anilines is 1. The van der Waals surface area contributed by atoms with Crippen molar-refractivity contribution in [3.8, 4) is 0 Å². The first-order valence-electron chi connectivity index (χ1n) is 10.9. The molecule has 1 aromatic carbocycles. The van der Waals surface area contributed by atoms with Gasteiger partial charge in [-0.25, -0.2) is 0 Å². The second kappa shape index (κ2) is 6.48. The molecule has 4 heterocycles. The predicted molar refractivity (Wildman–Crippen MR) is 121 cm³/mol. The van der Waals surface area contributed by atoms with Crippen molar-refractivity contribution < 1.29 is 14.0 Å². The van der Waals surface area contributed by atoms with Crippen molar-refractivity contribution in [1.29, 1.82) is 0 Å². The highest BCUT2D eigenvalue weighted by Crippen LogP contribution is 2.68. The number of hydrogen-bond donors (Lipinski definition) is 1. The lowest BCUT2D eigenvalue weighted by atomic mass is 9.69. The third-order valence-electron chi connectivity index (χ3n) is 7.87. The molecular weight excluding hydrogens is 444 g/mol. The van der Waals surface area contributed by atoms with Crippen molar-refractivity contribution in [3.63, 3.8) is 0 Å². The Kier molecular flexibility index (Phi) is 3.84. The Labute approximate surface area is 192 Å². The molecule has 8 heteroatoms. The Morgan fingerprint density at radius 2 is 1.78 bits per heavy atom. The lowest BCUT2D eigenvalue weighted by Crippen LogP contribution is -2.42. The highest BCUT2D eigenvalue weighted by Gasteiger charge is 2.70. The molecule has 32 heavy (non-hydrogen) atoms. The number of carbonyl (C=O) groups excluding carboxylic acids is 2. The van der Waals surface area contributed by atoms with Crippen molar-refractivity contribution in [2.45, 2.75) is 29.5 Å². The number of carbonyl (C=O) groups is 2. The Hall–Kier alpha value is -2.58. The molecule has 3 fully saturated rings. The van der Waals surface area contributed by atoms with Gasteiger partial charge in [0.1, 0.15) is 5.76 Å². The highest BCUT2D eigenvalue weighted by molar-refractivity contribution is 8.00. The Morgan fingerprint density at radius 3 is 2.50 bits per heavy atom. The molecule has 2 aliphatic carbocycles. The largest absolute Gasteiger partial charge is 0.469 e. The summed E-state index contributed by atoms with van der Waals surface area (Å²) >= 11 is 2.94. The van der Waals surface area contributed by atoms with Gasteiger partial charge in [-0.2, -0.15) is 0 Å². The van der Waals surface area contributed by atoms with E-state index in [1.807, 2.05) is 43.3 Å². The van der Waals surface area contributed by atoms with Gasteiger partial charge in [0.2, 0.25) is 11.8 Å². The summed E-state index contributed by atoms with van der Waals surface area (Å²) in [6.07, 6.45) is 2.55. The van der Waals surface area contributed by atoms with Crippen LogP contribution in [0.25, 0.3) is 0 Å². The Morgan fingerprint density at radius 1 is 1.03 bits per heavy atom. The fourth-order valence-corrected chi connectivity index (χ4v) is 9.62. The molecule has 6 nitrogen and oxygen atoms in total. The minimum Gasteiger partial charge on any atom is -0.469 e.